The van der Waals surface area contributed by atoms with Crippen LogP contribution < -0.4 is 0 Å². The van der Waals surface area contributed by atoms with Gasteiger partial charge in [0.15, 0.2) is 0 Å². The van der Waals surface area contributed by atoms with Crippen LogP contribution in [0.1, 0.15) is 0 Å². The third-order valence-corrected chi connectivity index (χ3v) is 4.81. The van der Waals surface area contributed by atoms with Crippen molar-refractivity contribution in [2.24, 2.45) is 0 Å². The Morgan fingerprint density at radius 3 is 2.30 bits per heavy atom. The standard InChI is InChI=1S/C15H9Br2N3/c16-11-6-9-20-15(13(11)17)14-10(4-3-8-19-14)12-5-1-2-7-18-12/h1-9H. The number of hydrogen-bond donors (Lipinski definition) is 0. The van der Waals surface area contributed by atoms with Crippen molar-refractivity contribution < 1.29 is 0 Å². The Morgan fingerprint density at radius 2 is 1.50 bits per heavy atom. The molecule has 0 spiro atoms. The van der Waals surface area contributed by atoms with E-state index in [0.717, 1.165) is 31.6 Å². The first kappa shape index (κ1) is 13.4. The van der Waals surface area contributed by atoms with E-state index in [4.69, 9.17) is 0 Å². The van der Waals surface area contributed by atoms with E-state index >= 15 is 0 Å². The maximum Gasteiger partial charge on any atom is 0.105 e. The van der Waals surface area contributed by atoms with Crippen molar-refractivity contribution in [2.45, 2.75) is 0 Å². The second-order valence-electron chi connectivity index (χ2n) is 4.07. The topological polar surface area (TPSA) is 38.7 Å². The Labute approximate surface area is 133 Å². The minimum Gasteiger partial charge on any atom is -0.256 e. The Morgan fingerprint density at radius 1 is 0.700 bits per heavy atom. The Balaban J connectivity index is 2.23. The van der Waals surface area contributed by atoms with Crippen LogP contribution in [-0.4, -0.2) is 15.0 Å². The summed E-state index contributed by atoms with van der Waals surface area (Å²) in [4.78, 5) is 13.3. The zero-order valence-corrected chi connectivity index (χ0v) is 13.5. The lowest BCUT2D eigenvalue weighted by atomic mass is 10.1. The smallest absolute Gasteiger partial charge is 0.105 e. The molecule has 98 valence electrons. The summed E-state index contributed by atoms with van der Waals surface area (Å²) in [5.74, 6) is 0. The van der Waals surface area contributed by atoms with Crippen LogP contribution in [0.2, 0.25) is 0 Å². The second-order valence-corrected chi connectivity index (χ2v) is 5.72. The van der Waals surface area contributed by atoms with E-state index in [0.29, 0.717) is 0 Å². The third kappa shape index (κ3) is 2.51. The molecular weight excluding hydrogens is 382 g/mol. The van der Waals surface area contributed by atoms with E-state index in [1.54, 1.807) is 18.6 Å². The molecule has 3 rings (SSSR count). The van der Waals surface area contributed by atoms with Crippen LogP contribution in [0, 0.1) is 0 Å². The molecule has 0 unspecified atom stereocenters. The first-order chi connectivity index (χ1) is 9.77. The summed E-state index contributed by atoms with van der Waals surface area (Å²) in [7, 11) is 0. The van der Waals surface area contributed by atoms with Gasteiger partial charge in [0.05, 0.1) is 15.9 Å². The van der Waals surface area contributed by atoms with E-state index < -0.39 is 0 Å². The van der Waals surface area contributed by atoms with Crippen molar-refractivity contribution in [1.29, 1.82) is 0 Å². The van der Waals surface area contributed by atoms with Crippen LogP contribution in [0.5, 0.6) is 0 Å². The molecule has 0 aromatic carbocycles. The molecule has 0 bridgehead atoms. The van der Waals surface area contributed by atoms with Crippen molar-refractivity contribution in [1.82, 2.24) is 15.0 Å². The predicted molar refractivity (Wildman–Crippen MR) is 86.1 cm³/mol. The third-order valence-electron chi connectivity index (χ3n) is 2.81. The lowest BCUT2D eigenvalue weighted by Crippen LogP contribution is -1.94. The van der Waals surface area contributed by atoms with Crippen molar-refractivity contribution in [2.75, 3.05) is 0 Å². The van der Waals surface area contributed by atoms with Gasteiger partial charge < -0.3 is 0 Å². The van der Waals surface area contributed by atoms with E-state index in [1.165, 1.54) is 0 Å². The average Bonchev–Trinajstić information content (AvgIpc) is 2.51. The van der Waals surface area contributed by atoms with Crippen molar-refractivity contribution in [3.63, 3.8) is 0 Å². The van der Waals surface area contributed by atoms with Crippen LogP contribution in [-0.2, 0) is 0 Å². The number of rotatable bonds is 2. The number of hydrogen-bond acceptors (Lipinski definition) is 3. The molecule has 3 aromatic heterocycles. The summed E-state index contributed by atoms with van der Waals surface area (Å²) >= 11 is 7.05. The lowest BCUT2D eigenvalue weighted by Gasteiger charge is -2.09. The molecule has 0 amide bonds. The van der Waals surface area contributed by atoms with E-state index in [1.807, 2.05) is 36.4 Å². The fraction of sp³-hybridized carbons (Fsp3) is 0. The van der Waals surface area contributed by atoms with Gasteiger partial charge in [-0.3, -0.25) is 15.0 Å². The van der Waals surface area contributed by atoms with Gasteiger partial charge in [0.2, 0.25) is 0 Å². The zero-order valence-electron chi connectivity index (χ0n) is 10.3. The van der Waals surface area contributed by atoms with Crippen molar-refractivity contribution in [3.05, 3.63) is 63.9 Å². The Hall–Kier alpha value is -1.59. The first-order valence-electron chi connectivity index (χ1n) is 5.94. The van der Waals surface area contributed by atoms with Crippen LogP contribution in [0.3, 0.4) is 0 Å². The van der Waals surface area contributed by atoms with Gasteiger partial charge in [-0.1, -0.05) is 6.07 Å². The minimum absolute atomic E-state index is 0.792. The molecule has 0 saturated carbocycles. The molecule has 3 heterocycles. The number of nitrogens with zero attached hydrogens (tertiary/aromatic N) is 3. The van der Waals surface area contributed by atoms with Crippen LogP contribution >= 0.6 is 31.9 Å². The number of halogens is 2. The summed E-state index contributed by atoms with van der Waals surface area (Å²) < 4.78 is 1.83. The quantitative estimate of drug-likeness (QED) is 0.634. The average molecular weight is 391 g/mol. The fourth-order valence-corrected chi connectivity index (χ4v) is 2.64. The summed E-state index contributed by atoms with van der Waals surface area (Å²) in [5.41, 5.74) is 3.43. The molecule has 3 aromatic rings. The second kappa shape index (κ2) is 5.81. The molecule has 5 heteroatoms. The molecule has 0 aliphatic rings. The molecule has 0 aliphatic carbocycles. The molecule has 0 saturated heterocycles. The normalized spacial score (nSPS) is 10.5. The molecule has 20 heavy (non-hydrogen) atoms. The minimum atomic E-state index is 0.792. The van der Waals surface area contributed by atoms with E-state index in [-0.39, 0.29) is 0 Å². The number of pyridine rings is 3. The monoisotopic (exact) mass is 389 g/mol. The summed E-state index contributed by atoms with van der Waals surface area (Å²) in [6, 6.07) is 11.6. The summed E-state index contributed by atoms with van der Waals surface area (Å²) in [6.07, 6.45) is 5.29. The van der Waals surface area contributed by atoms with Crippen molar-refractivity contribution in [3.8, 4) is 22.6 Å². The summed E-state index contributed by atoms with van der Waals surface area (Å²) in [5, 5.41) is 0. The highest BCUT2D eigenvalue weighted by molar-refractivity contribution is 9.13. The SMILES string of the molecule is Brc1ccnc(-c2ncccc2-c2ccccn2)c1Br. The van der Waals surface area contributed by atoms with Crippen LogP contribution in [0.4, 0.5) is 0 Å². The molecule has 0 N–H and O–H groups in total. The fourth-order valence-electron chi connectivity index (χ4n) is 1.91. The van der Waals surface area contributed by atoms with Gasteiger partial charge in [0, 0.05) is 28.6 Å². The maximum atomic E-state index is 4.47. The van der Waals surface area contributed by atoms with Gasteiger partial charge in [-0.15, -0.1) is 0 Å². The maximum absolute atomic E-state index is 4.47. The van der Waals surface area contributed by atoms with Crippen molar-refractivity contribution >= 4 is 31.9 Å². The first-order valence-corrected chi connectivity index (χ1v) is 7.53. The van der Waals surface area contributed by atoms with Gasteiger partial charge in [-0.05, 0) is 62.2 Å². The number of aromatic nitrogens is 3. The molecule has 0 fully saturated rings. The van der Waals surface area contributed by atoms with Gasteiger partial charge in [0.25, 0.3) is 0 Å². The predicted octanol–water partition coefficient (Wildman–Crippen LogP) is 4.73. The summed E-state index contributed by atoms with van der Waals surface area (Å²) in [6.45, 7) is 0. The highest BCUT2D eigenvalue weighted by Crippen LogP contribution is 2.35. The van der Waals surface area contributed by atoms with E-state index in [9.17, 15) is 0 Å². The van der Waals surface area contributed by atoms with Gasteiger partial charge >= 0.3 is 0 Å². The Bertz CT molecular complexity index is 745. The largest absolute Gasteiger partial charge is 0.256 e. The highest BCUT2D eigenvalue weighted by atomic mass is 79.9. The highest BCUT2D eigenvalue weighted by Gasteiger charge is 2.14. The van der Waals surface area contributed by atoms with Gasteiger partial charge in [-0.25, -0.2) is 0 Å². The lowest BCUT2D eigenvalue weighted by molar-refractivity contribution is 1.22. The zero-order chi connectivity index (χ0) is 13.9. The van der Waals surface area contributed by atoms with E-state index in [2.05, 4.69) is 46.8 Å². The van der Waals surface area contributed by atoms with Crippen LogP contribution in [0.25, 0.3) is 22.6 Å². The van der Waals surface area contributed by atoms with Gasteiger partial charge in [0.1, 0.15) is 5.69 Å². The van der Waals surface area contributed by atoms with Gasteiger partial charge in [-0.2, -0.15) is 0 Å². The molecule has 0 radical (unpaired) electrons. The molecule has 0 atom stereocenters. The van der Waals surface area contributed by atoms with Crippen LogP contribution in [0.15, 0.2) is 63.9 Å². The Kier molecular flexibility index (Phi) is 3.89. The molecule has 3 nitrogen and oxygen atoms in total. The molecule has 0 aliphatic heterocycles. The molecular formula is C15H9Br2N3.